The lowest BCUT2D eigenvalue weighted by Crippen LogP contribution is -2.26. The van der Waals surface area contributed by atoms with E-state index in [1.165, 1.54) is 36.2 Å². The number of nitrogens with two attached hydrogens (primary N) is 1. The van der Waals surface area contributed by atoms with Gasteiger partial charge in [-0.05, 0) is 37.8 Å². The number of allylic oxidation sites excluding steroid dienone is 1. The van der Waals surface area contributed by atoms with Gasteiger partial charge in [0.1, 0.15) is 0 Å². The Balaban J connectivity index is 1.83. The predicted molar refractivity (Wildman–Crippen MR) is 71.7 cm³/mol. The Hall–Kier alpha value is -0.730. The maximum atomic E-state index is 6.21. The molecule has 2 rings (SSSR count). The van der Waals surface area contributed by atoms with Gasteiger partial charge in [-0.2, -0.15) is 0 Å². The zero-order valence-electron chi connectivity index (χ0n) is 9.56. The minimum absolute atomic E-state index is 0.241. The van der Waals surface area contributed by atoms with E-state index in [1.54, 1.807) is 0 Å². The first-order valence-corrected chi connectivity index (χ1v) is 6.97. The van der Waals surface area contributed by atoms with Crippen LogP contribution in [0.15, 0.2) is 46.9 Å². The lowest BCUT2D eigenvalue weighted by atomic mass is 9.95. The maximum absolute atomic E-state index is 6.21. The van der Waals surface area contributed by atoms with E-state index in [1.807, 2.05) is 17.8 Å². The first-order chi connectivity index (χ1) is 7.86. The molecule has 2 N–H and O–H groups in total. The van der Waals surface area contributed by atoms with Crippen molar-refractivity contribution < 1.29 is 0 Å². The zero-order valence-corrected chi connectivity index (χ0v) is 10.4. The summed E-state index contributed by atoms with van der Waals surface area (Å²) in [7, 11) is 0. The molecule has 0 saturated carbocycles. The molecule has 0 bridgehead atoms. The van der Waals surface area contributed by atoms with Crippen LogP contribution in [-0.4, -0.2) is 11.8 Å². The van der Waals surface area contributed by atoms with Crippen molar-refractivity contribution in [1.82, 2.24) is 0 Å². The Labute approximate surface area is 102 Å². The quantitative estimate of drug-likeness (QED) is 0.635. The number of hydrogen-bond donors (Lipinski definition) is 1. The molecule has 0 fully saturated rings. The molecule has 1 aromatic rings. The van der Waals surface area contributed by atoms with Crippen molar-refractivity contribution in [2.75, 3.05) is 5.75 Å². The molecule has 1 aliphatic rings. The van der Waals surface area contributed by atoms with Crippen molar-refractivity contribution in [3.8, 4) is 0 Å². The van der Waals surface area contributed by atoms with Crippen molar-refractivity contribution in [1.29, 1.82) is 0 Å². The molecule has 0 heterocycles. The van der Waals surface area contributed by atoms with Gasteiger partial charge in [0.15, 0.2) is 0 Å². The molecule has 86 valence electrons. The molecule has 0 aromatic heterocycles. The molecular formula is C14H19NS. The zero-order chi connectivity index (χ0) is 11.2. The largest absolute Gasteiger partial charge is 0.324 e. The van der Waals surface area contributed by atoms with E-state index in [2.05, 4.69) is 30.3 Å². The Morgan fingerprint density at radius 1 is 1.19 bits per heavy atom. The third-order valence-corrected chi connectivity index (χ3v) is 4.11. The molecular weight excluding hydrogens is 214 g/mol. The van der Waals surface area contributed by atoms with Crippen LogP contribution in [-0.2, 0) is 0 Å². The van der Waals surface area contributed by atoms with Crippen molar-refractivity contribution >= 4 is 11.8 Å². The van der Waals surface area contributed by atoms with E-state index in [9.17, 15) is 0 Å². The van der Waals surface area contributed by atoms with Crippen LogP contribution in [0.4, 0.5) is 0 Å². The molecule has 16 heavy (non-hydrogen) atoms. The first-order valence-electron chi connectivity index (χ1n) is 5.98. The second-order valence-electron chi connectivity index (χ2n) is 4.26. The molecule has 1 aliphatic carbocycles. The van der Waals surface area contributed by atoms with E-state index in [0.717, 1.165) is 5.75 Å². The van der Waals surface area contributed by atoms with Gasteiger partial charge in [0.2, 0.25) is 0 Å². The molecule has 0 radical (unpaired) electrons. The summed E-state index contributed by atoms with van der Waals surface area (Å²) in [6.45, 7) is 0. The van der Waals surface area contributed by atoms with Gasteiger partial charge in [-0.1, -0.05) is 29.8 Å². The Morgan fingerprint density at radius 3 is 2.69 bits per heavy atom. The van der Waals surface area contributed by atoms with Crippen molar-refractivity contribution in [3.63, 3.8) is 0 Å². The van der Waals surface area contributed by atoms with Crippen LogP contribution < -0.4 is 5.73 Å². The van der Waals surface area contributed by atoms with Gasteiger partial charge in [0, 0.05) is 16.7 Å². The molecule has 1 unspecified atom stereocenters. The van der Waals surface area contributed by atoms with Crippen LogP contribution in [0.1, 0.15) is 25.7 Å². The maximum Gasteiger partial charge on any atom is 0.0349 e. The molecule has 1 nitrogen and oxygen atoms in total. The van der Waals surface area contributed by atoms with E-state index >= 15 is 0 Å². The molecule has 2 heteroatoms. The van der Waals surface area contributed by atoms with Gasteiger partial charge in [0.25, 0.3) is 0 Å². The van der Waals surface area contributed by atoms with Crippen molar-refractivity contribution in [2.45, 2.75) is 36.6 Å². The molecule has 0 spiro atoms. The SMILES string of the molecule is NC(CSc1ccccc1)C1=CCCCC1. The van der Waals surface area contributed by atoms with Gasteiger partial charge in [-0.15, -0.1) is 11.8 Å². The van der Waals surface area contributed by atoms with Crippen molar-refractivity contribution in [3.05, 3.63) is 42.0 Å². The van der Waals surface area contributed by atoms with Gasteiger partial charge >= 0.3 is 0 Å². The predicted octanol–water partition coefficient (Wildman–Crippen LogP) is 3.61. The van der Waals surface area contributed by atoms with Crippen LogP contribution in [0.25, 0.3) is 0 Å². The molecule has 0 amide bonds. The number of rotatable bonds is 4. The summed E-state index contributed by atoms with van der Waals surface area (Å²) in [5.74, 6) is 0.996. The van der Waals surface area contributed by atoms with Gasteiger partial charge in [-0.25, -0.2) is 0 Å². The summed E-state index contributed by atoms with van der Waals surface area (Å²) in [5.41, 5.74) is 7.67. The lowest BCUT2D eigenvalue weighted by molar-refractivity contribution is 0.656. The highest BCUT2D eigenvalue weighted by molar-refractivity contribution is 7.99. The van der Waals surface area contributed by atoms with Gasteiger partial charge in [0.05, 0.1) is 0 Å². The van der Waals surface area contributed by atoms with Gasteiger partial charge < -0.3 is 5.73 Å². The van der Waals surface area contributed by atoms with Crippen LogP contribution in [0.2, 0.25) is 0 Å². The average Bonchev–Trinajstić information content (AvgIpc) is 2.38. The summed E-state index contributed by atoms with van der Waals surface area (Å²) in [5, 5.41) is 0. The summed E-state index contributed by atoms with van der Waals surface area (Å²) >= 11 is 1.86. The molecule has 1 aromatic carbocycles. The molecule has 0 saturated heterocycles. The van der Waals surface area contributed by atoms with Crippen LogP contribution in [0.5, 0.6) is 0 Å². The topological polar surface area (TPSA) is 26.0 Å². The summed E-state index contributed by atoms with van der Waals surface area (Å²) in [6, 6.07) is 10.7. The van der Waals surface area contributed by atoms with Crippen LogP contribution in [0, 0.1) is 0 Å². The minimum Gasteiger partial charge on any atom is -0.324 e. The monoisotopic (exact) mass is 233 g/mol. The summed E-state index contributed by atoms with van der Waals surface area (Å²) in [4.78, 5) is 1.31. The second kappa shape index (κ2) is 6.12. The number of thioether (sulfide) groups is 1. The minimum atomic E-state index is 0.241. The Morgan fingerprint density at radius 2 is 2.00 bits per heavy atom. The normalized spacial score (nSPS) is 17.9. The summed E-state index contributed by atoms with van der Waals surface area (Å²) < 4.78 is 0. The second-order valence-corrected chi connectivity index (χ2v) is 5.35. The fourth-order valence-electron chi connectivity index (χ4n) is 2.01. The fourth-order valence-corrected chi connectivity index (χ4v) is 2.95. The van der Waals surface area contributed by atoms with Crippen molar-refractivity contribution in [2.24, 2.45) is 5.73 Å². The molecule has 0 aliphatic heterocycles. The molecule has 1 atom stereocenters. The average molecular weight is 233 g/mol. The Kier molecular flexibility index (Phi) is 4.49. The highest BCUT2D eigenvalue weighted by Crippen LogP contribution is 2.24. The standard InChI is InChI=1S/C14H19NS/c15-14(12-7-3-1-4-8-12)11-16-13-9-5-2-6-10-13/h2,5-7,9-10,14H,1,3-4,8,11,15H2. The lowest BCUT2D eigenvalue weighted by Gasteiger charge is -2.19. The van der Waals surface area contributed by atoms with E-state index in [-0.39, 0.29) is 6.04 Å². The third kappa shape index (κ3) is 3.39. The summed E-state index contributed by atoms with van der Waals surface area (Å²) in [6.07, 6.45) is 7.42. The first kappa shape index (κ1) is 11.7. The highest BCUT2D eigenvalue weighted by atomic mass is 32.2. The van der Waals surface area contributed by atoms with Crippen LogP contribution >= 0.6 is 11.8 Å². The third-order valence-electron chi connectivity index (χ3n) is 2.98. The fraction of sp³-hybridized carbons (Fsp3) is 0.429. The van der Waals surface area contributed by atoms with E-state index < -0.39 is 0 Å². The van der Waals surface area contributed by atoms with Crippen LogP contribution in [0.3, 0.4) is 0 Å². The number of benzene rings is 1. The highest BCUT2D eigenvalue weighted by Gasteiger charge is 2.12. The Bertz CT molecular complexity index is 345. The number of hydrogen-bond acceptors (Lipinski definition) is 2. The smallest absolute Gasteiger partial charge is 0.0349 e. The van der Waals surface area contributed by atoms with Gasteiger partial charge in [-0.3, -0.25) is 0 Å². The van der Waals surface area contributed by atoms with E-state index in [4.69, 9.17) is 5.73 Å². The van der Waals surface area contributed by atoms with E-state index in [0.29, 0.717) is 0 Å².